The molecule has 1 fully saturated rings. The van der Waals surface area contributed by atoms with Gasteiger partial charge in [-0.25, -0.2) is 4.39 Å². The fraction of sp³-hybridized carbons (Fsp3) is 0.480. The highest BCUT2D eigenvalue weighted by atomic mass is 19.4. The Morgan fingerprint density at radius 2 is 1.82 bits per heavy atom. The number of phenolic OH excluding ortho intramolecular Hbond substituents is 1. The van der Waals surface area contributed by atoms with Crippen molar-refractivity contribution in [3.8, 4) is 5.75 Å². The fourth-order valence-corrected chi connectivity index (χ4v) is 4.55. The van der Waals surface area contributed by atoms with Crippen LogP contribution in [0.3, 0.4) is 0 Å². The molecule has 1 saturated heterocycles. The second-order valence-corrected chi connectivity index (χ2v) is 9.68. The monoisotopic (exact) mass is 481 g/mol. The Hall–Kier alpha value is -2.65. The van der Waals surface area contributed by atoms with Crippen LogP contribution in [0.5, 0.6) is 5.75 Å². The van der Waals surface area contributed by atoms with E-state index in [0.29, 0.717) is 12.2 Å². The van der Waals surface area contributed by atoms with Crippen molar-refractivity contribution in [3.63, 3.8) is 0 Å². The zero-order valence-electron chi connectivity index (χ0n) is 19.4. The predicted octanol–water partition coefficient (Wildman–Crippen LogP) is 4.87. The van der Waals surface area contributed by atoms with E-state index in [1.807, 2.05) is 6.07 Å². The first-order chi connectivity index (χ1) is 15.8. The second kappa shape index (κ2) is 9.92. The Balaban J connectivity index is 1.83. The summed E-state index contributed by atoms with van der Waals surface area (Å²) in [5.41, 5.74) is 2.31. The van der Waals surface area contributed by atoms with Gasteiger partial charge < -0.3 is 15.9 Å². The van der Waals surface area contributed by atoms with Crippen molar-refractivity contribution in [1.82, 2.24) is 9.88 Å². The summed E-state index contributed by atoms with van der Waals surface area (Å²) in [5.74, 6) is -1.05. The van der Waals surface area contributed by atoms with E-state index in [-0.39, 0.29) is 17.0 Å². The SMILES string of the molecule is CC(C)(CC(O)(C/C(N)=C/c1cccc(CN2CCCC2)n1)C(F)(F)F)c1cc(F)ccc1O. The van der Waals surface area contributed by atoms with Crippen molar-refractivity contribution >= 4 is 6.08 Å². The van der Waals surface area contributed by atoms with Crippen molar-refractivity contribution in [2.75, 3.05) is 13.1 Å². The summed E-state index contributed by atoms with van der Waals surface area (Å²) < 4.78 is 55.8. The van der Waals surface area contributed by atoms with Crippen LogP contribution >= 0.6 is 0 Å². The molecule has 4 N–H and O–H groups in total. The molecular weight excluding hydrogens is 450 g/mol. The lowest BCUT2D eigenvalue weighted by atomic mass is 9.73. The van der Waals surface area contributed by atoms with Gasteiger partial charge >= 0.3 is 6.18 Å². The number of benzene rings is 1. The third kappa shape index (κ3) is 6.27. The maximum atomic E-state index is 14.0. The largest absolute Gasteiger partial charge is 0.508 e. The van der Waals surface area contributed by atoms with Crippen LogP contribution in [0, 0.1) is 5.82 Å². The molecule has 5 nitrogen and oxygen atoms in total. The molecule has 0 spiro atoms. The van der Waals surface area contributed by atoms with Gasteiger partial charge in [0.25, 0.3) is 0 Å². The molecule has 0 radical (unpaired) electrons. The third-order valence-electron chi connectivity index (χ3n) is 6.19. The molecule has 2 aromatic rings. The number of aromatic hydroxyl groups is 1. The second-order valence-electron chi connectivity index (χ2n) is 9.68. The number of aliphatic hydroxyl groups is 1. The molecular formula is C25H31F4N3O2. The van der Waals surface area contributed by atoms with E-state index in [4.69, 9.17) is 5.73 Å². The van der Waals surface area contributed by atoms with Crippen LogP contribution < -0.4 is 5.73 Å². The zero-order chi connectivity index (χ0) is 25.1. The Bertz CT molecular complexity index is 1030. The maximum absolute atomic E-state index is 14.0. The van der Waals surface area contributed by atoms with Crippen LogP contribution in [0.1, 0.15) is 56.5 Å². The minimum atomic E-state index is -5.02. The van der Waals surface area contributed by atoms with E-state index in [9.17, 15) is 27.8 Å². The van der Waals surface area contributed by atoms with E-state index in [2.05, 4.69) is 9.88 Å². The van der Waals surface area contributed by atoms with Crippen molar-refractivity contribution in [2.45, 2.75) is 63.3 Å². The molecule has 0 amide bonds. The summed E-state index contributed by atoms with van der Waals surface area (Å²) in [6.07, 6.45) is -3.16. The quantitative estimate of drug-likeness (QED) is 0.469. The molecule has 2 heterocycles. The van der Waals surface area contributed by atoms with Gasteiger partial charge in [0.05, 0.1) is 11.4 Å². The summed E-state index contributed by atoms with van der Waals surface area (Å²) in [5, 5.41) is 20.8. The van der Waals surface area contributed by atoms with Crippen molar-refractivity contribution in [2.24, 2.45) is 5.73 Å². The van der Waals surface area contributed by atoms with Gasteiger partial charge in [-0.15, -0.1) is 0 Å². The van der Waals surface area contributed by atoms with Gasteiger partial charge in [-0.1, -0.05) is 19.9 Å². The van der Waals surface area contributed by atoms with E-state index in [0.717, 1.165) is 49.8 Å². The number of hydrogen-bond acceptors (Lipinski definition) is 5. The number of nitrogens with zero attached hydrogens (tertiary/aromatic N) is 2. The minimum absolute atomic E-state index is 0.0333. The van der Waals surface area contributed by atoms with Gasteiger partial charge in [0, 0.05) is 24.2 Å². The third-order valence-corrected chi connectivity index (χ3v) is 6.19. The summed E-state index contributed by atoms with van der Waals surface area (Å²) in [4.78, 5) is 6.73. The molecule has 1 aliphatic heterocycles. The highest BCUT2D eigenvalue weighted by Crippen LogP contribution is 2.45. The molecule has 1 aromatic heterocycles. The Morgan fingerprint density at radius 3 is 2.47 bits per heavy atom. The molecule has 0 saturated carbocycles. The number of halogens is 4. The molecule has 0 bridgehead atoms. The Kier molecular flexibility index (Phi) is 7.57. The molecule has 1 atom stereocenters. The topological polar surface area (TPSA) is 82.6 Å². The van der Waals surface area contributed by atoms with Crippen LogP contribution in [0.15, 0.2) is 42.1 Å². The number of pyridine rings is 1. The van der Waals surface area contributed by atoms with Crippen molar-refractivity contribution in [1.29, 1.82) is 0 Å². The number of aromatic nitrogens is 1. The van der Waals surface area contributed by atoms with Gasteiger partial charge in [-0.3, -0.25) is 9.88 Å². The average Bonchev–Trinajstić information content (AvgIpc) is 3.21. The van der Waals surface area contributed by atoms with Gasteiger partial charge in [0.15, 0.2) is 5.60 Å². The van der Waals surface area contributed by atoms with Crippen molar-refractivity contribution < 1.29 is 27.8 Å². The molecule has 9 heteroatoms. The van der Waals surface area contributed by atoms with Gasteiger partial charge in [0.2, 0.25) is 0 Å². The van der Waals surface area contributed by atoms with Crippen LogP contribution in [-0.2, 0) is 12.0 Å². The molecule has 1 aromatic carbocycles. The van der Waals surface area contributed by atoms with E-state index >= 15 is 0 Å². The zero-order valence-corrected chi connectivity index (χ0v) is 19.4. The minimum Gasteiger partial charge on any atom is -0.508 e. The van der Waals surface area contributed by atoms with Crippen molar-refractivity contribution in [3.05, 3.63) is 64.9 Å². The van der Waals surface area contributed by atoms with Crippen LogP contribution in [-0.4, -0.2) is 45.0 Å². The lowest BCUT2D eigenvalue weighted by Crippen LogP contribution is -2.50. The first kappa shape index (κ1) is 26.0. The Morgan fingerprint density at radius 1 is 1.15 bits per heavy atom. The summed E-state index contributed by atoms with van der Waals surface area (Å²) in [6.45, 7) is 5.43. The van der Waals surface area contributed by atoms with E-state index < -0.39 is 35.9 Å². The molecule has 1 aliphatic rings. The number of rotatable bonds is 8. The highest BCUT2D eigenvalue weighted by Gasteiger charge is 2.56. The first-order valence-electron chi connectivity index (χ1n) is 11.2. The van der Waals surface area contributed by atoms with Gasteiger partial charge in [0.1, 0.15) is 11.6 Å². The Labute approximate surface area is 196 Å². The standard InChI is InChI=1S/C25H31F4N3O2/c1-23(2,21-12-17(26)8-9-22(21)33)16-24(34,25(27,28)29)14-18(30)13-19-6-5-7-20(31-19)15-32-10-3-4-11-32/h5-9,12-13,33-34H,3-4,10-11,14-16,30H2,1-2H3/b18-13-. The summed E-state index contributed by atoms with van der Waals surface area (Å²) in [6, 6.07) is 8.32. The predicted molar refractivity (Wildman–Crippen MR) is 122 cm³/mol. The maximum Gasteiger partial charge on any atom is 0.417 e. The van der Waals surface area contributed by atoms with Crippen LogP contribution in [0.25, 0.3) is 6.08 Å². The fourth-order valence-electron chi connectivity index (χ4n) is 4.55. The average molecular weight is 482 g/mol. The molecule has 1 unspecified atom stereocenters. The van der Waals surface area contributed by atoms with E-state index in [1.165, 1.54) is 19.9 Å². The molecule has 186 valence electrons. The molecule has 3 rings (SSSR count). The smallest absolute Gasteiger partial charge is 0.417 e. The van der Waals surface area contributed by atoms with Crippen LogP contribution in [0.4, 0.5) is 17.6 Å². The number of alkyl halides is 3. The number of phenols is 1. The number of nitrogens with two attached hydrogens (primary N) is 1. The van der Waals surface area contributed by atoms with Gasteiger partial charge in [-0.2, -0.15) is 13.2 Å². The lowest BCUT2D eigenvalue weighted by molar-refractivity contribution is -0.266. The molecule has 0 aliphatic carbocycles. The number of likely N-dealkylation sites (tertiary alicyclic amines) is 1. The number of hydrogen-bond donors (Lipinski definition) is 3. The normalized spacial score (nSPS) is 17.7. The highest BCUT2D eigenvalue weighted by molar-refractivity contribution is 5.48. The van der Waals surface area contributed by atoms with E-state index in [1.54, 1.807) is 12.1 Å². The van der Waals surface area contributed by atoms with Gasteiger partial charge in [-0.05, 0) is 74.2 Å². The summed E-state index contributed by atoms with van der Waals surface area (Å²) in [7, 11) is 0. The van der Waals surface area contributed by atoms with Crippen LogP contribution in [0.2, 0.25) is 0 Å². The first-order valence-corrected chi connectivity index (χ1v) is 11.2. The summed E-state index contributed by atoms with van der Waals surface area (Å²) >= 11 is 0. The molecule has 34 heavy (non-hydrogen) atoms. The lowest BCUT2D eigenvalue weighted by Gasteiger charge is -2.38.